The molecule has 1 heterocycles. The molecule has 0 amide bonds. The molecule has 212 valence electrons. The number of aliphatic imine (C=N–C) groups is 1. The van der Waals surface area contributed by atoms with Crippen LogP contribution < -0.4 is 19.3 Å². The largest absolute Gasteiger partial charge is 0.497 e. The van der Waals surface area contributed by atoms with Crippen LogP contribution in [0.25, 0.3) is 10.8 Å². The highest BCUT2D eigenvalue weighted by molar-refractivity contribution is 6.20. The Kier molecular flexibility index (Phi) is 8.09. The van der Waals surface area contributed by atoms with Gasteiger partial charge in [0.15, 0.2) is 0 Å². The monoisotopic (exact) mass is 555 g/mol. The number of amidine groups is 1. The Morgan fingerprint density at radius 3 is 1.79 bits per heavy atom. The zero-order valence-electron chi connectivity index (χ0n) is 24.6. The van der Waals surface area contributed by atoms with Crippen molar-refractivity contribution in [3.8, 4) is 11.5 Å². The number of unbranched alkanes of at least 4 members (excludes halogenated alkanes) is 3. The Morgan fingerprint density at radius 2 is 1.21 bits per heavy atom. The van der Waals surface area contributed by atoms with E-state index in [1.807, 2.05) is 24.3 Å². The standard InChI is InChI=1S/C37H37N3O2/c1-4-5-6-7-26-39-35-13-9-11-27-10-8-12-34(36(27)35)38-37(39)28-14-16-29(17-15-28)40(30-18-22-32(41-2)23-19-30)31-20-24-33(42-3)25-21-31/h8-25H,4-7,26H2,1-3H3. The van der Waals surface area contributed by atoms with Crippen molar-refractivity contribution in [2.45, 2.75) is 32.6 Å². The predicted octanol–water partition coefficient (Wildman–Crippen LogP) is 9.81. The number of hydrogen-bond acceptors (Lipinski definition) is 5. The second-order valence-electron chi connectivity index (χ2n) is 10.6. The molecule has 0 bridgehead atoms. The van der Waals surface area contributed by atoms with E-state index in [0.717, 1.165) is 58.6 Å². The van der Waals surface area contributed by atoms with Crippen LogP contribution in [0.5, 0.6) is 11.5 Å². The van der Waals surface area contributed by atoms with E-state index in [2.05, 4.69) is 102 Å². The van der Waals surface area contributed by atoms with Gasteiger partial charge >= 0.3 is 0 Å². The number of anilines is 4. The second kappa shape index (κ2) is 12.4. The Bertz CT molecular complexity index is 1620. The van der Waals surface area contributed by atoms with Gasteiger partial charge in [-0.2, -0.15) is 0 Å². The van der Waals surface area contributed by atoms with E-state index < -0.39 is 0 Å². The van der Waals surface area contributed by atoms with Crippen LogP contribution in [0.1, 0.15) is 38.2 Å². The third kappa shape index (κ3) is 5.42. The lowest BCUT2D eigenvalue weighted by molar-refractivity contribution is 0.415. The molecule has 6 rings (SSSR count). The third-order valence-corrected chi connectivity index (χ3v) is 7.91. The van der Waals surface area contributed by atoms with Crippen molar-refractivity contribution in [1.82, 2.24) is 0 Å². The maximum Gasteiger partial charge on any atom is 0.141 e. The SMILES string of the molecule is CCCCCCN1C(c2ccc(N(c3ccc(OC)cc3)c3ccc(OC)cc3)cc2)=Nc2cccc3cccc1c23. The van der Waals surface area contributed by atoms with Gasteiger partial charge in [0.25, 0.3) is 0 Å². The van der Waals surface area contributed by atoms with Gasteiger partial charge in [-0.3, -0.25) is 0 Å². The van der Waals surface area contributed by atoms with Gasteiger partial charge in [0.05, 0.1) is 25.6 Å². The van der Waals surface area contributed by atoms with Crippen molar-refractivity contribution in [1.29, 1.82) is 0 Å². The lowest BCUT2D eigenvalue weighted by Crippen LogP contribution is -2.34. The molecule has 0 radical (unpaired) electrons. The van der Waals surface area contributed by atoms with E-state index in [9.17, 15) is 0 Å². The van der Waals surface area contributed by atoms with E-state index in [1.54, 1.807) is 14.2 Å². The van der Waals surface area contributed by atoms with E-state index >= 15 is 0 Å². The van der Waals surface area contributed by atoms with Gasteiger partial charge in [0, 0.05) is 34.6 Å². The zero-order chi connectivity index (χ0) is 28.9. The number of rotatable bonds is 11. The van der Waals surface area contributed by atoms with Crippen LogP contribution >= 0.6 is 0 Å². The first-order chi connectivity index (χ1) is 20.7. The van der Waals surface area contributed by atoms with Crippen molar-refractivity contribution < 1.29 is 9.47 Å². The zero-order valence-corrected chi connectivity index (χ0v) is 24.6. The molecular formula is C37H37N3O2. The quantitative estimate of drug-likeness (QED) is 0.152. The topological polar surface area (TPSA) is 37.3 Å². The fraction of sp³-hybridized carbons (Fsp3) is 0.216. The van der Waals surface area contributed by atoms with E-state index in [4.69, 9.17) is 14.5 Å². The van der Waals surface area contributed by atoms with Crippen LogP contribution in [-0.4, -0.2) is 26.6 Å². The lowest BCUT2D eigenvalue weighted by Gasteiger charge is -2.32. The van der Waals surface area contributed by atoms with Crippen LogP contribution in [-0.2, 0) is 0 Å². The predicted molar refractivity (Wildman–Crippen MR) is 176 cm³/mol. The van der Waals surface area contributed by atoms with Gasteiger partial charge in [-0.05, 0) is 96.7 Å². The summed E-state index contributed by atoms with van der Waals surface area (Å²) in [6, 6.07) is 38.0. The minimum Gasteiger partial charge on any atom is -0.497 e. The molecule has 0 atom stereocenters. The Hall–Kier alpha value is -4.77. The molecule has 5 nitrogen and oxygen atoms in total. The fourth-order valence-corrected chi connectivity index (χ4v) is 5.72. The third-order valence-electron chi connectivity index (χ3n) is 7.91. The van der Waals surface area contributed by atoms with Crippen LogP contribution in [0.4, 0.5) is 28.4 Å². The highest BCUT2D eigenvalue weighted by Crippen LogP contribution is 2.41. The summed E-state index contributed by atoms with van der Waals surface area (Å²) in [5, 5.41) is 2.47. The van der Waals surface area contributed by atoms with Crippen molar-refractivity contribution in [2.24, 2.45) is 4.99 Å². The van der Waals surface area contributed by atoms with Crippen molar-refractivity contribution in [3.63, 3.8) is 0 Å². The highest BCUT2D eigenvalue weighted by Gasteiger charge is 2.24. The summed E-state index contributed by atoms with van der Waals surface area (Å²) in [4.78, 5) is 9.91. The van der Waals surface area contributed by atoms with Gasteiger partial charge in [-0.15, -0.1) is 0 Å². The molecule has 1 aliphatic rings. The highest BCUT2D eigenvalue weighted by atomic mass is 16.5. The van der Waals surface area contributed by atoms with Crippen molar-refractivity contribution >= 4 is 45.0 Å². The molecule has 42 heavy (non-hydrogen) atoms. The van der Waals surface area contributed by atoms with Crippen LogP contribution in [0.15, 0.2) is 114 Å². The molecule has 5 aromatic carbocycles. The molecule has 0 N–H and O–H groups in total. The molecule has 5 heteroatoms. The Morgan fingerprint density at radius 1 is 0.643 bits per heavy atom. The van der Waals surface area contributed by atoms with Crippen LogP contribution in [0.3, 0.4) is 0 Å². The summed E-state index contributed by atoms with van der Waals surface area (Å²) in [5.41, 5.74) is 6.52. The average molecular weight is 556 g/mol. The molecule has 0 aromatic heterocycles. The second-order valence-corrected chi connectivity index (χ2v) is 10.6. The molecule has 0 aliphatic carbocycles. The van der Waals surface area contributed by atoms with Crippen molar-refractivity contribution in [3.05, 3.63) is 115 Å². The smallest absolute Gasteiger partial charge is 0.141 e. The summed E-state index contributed by atoms with van der Waals surface area (Å²) in [7, 11) is 3.38. The number of benzene rings is 5. The van der Waals surface area contributed by atoms with E-state index in [1.165, 1.54) is 35.7 Å². The molecule has 0 saturated carbocycles. The van der Waals surface area contributed by atoms with Gasteiger partial charge in [-0.25, -0.2) is 4.99 Å². The number of ether oxygens (including phenoxy) is 2. The minimum absolute atomic E-state index is 0.827. The first kappa shape index (κ1) is 27.4. The molecule has 1 aliphatic heterocycles. The lowest BCUT2D eigenvalue weighted by atomic mass is 10.0. The van der Waals surface area contributed by atoms with Gasteiger partial charge in [0.2, 0.25) is 0 Å². The first-order valence-corrected chi connectivity index (χ1v) is 14.8. The van der Waals surface area contributed by atoms with Crippen LogP contribution in [0.2, 0.25) is 0 Å². The number of nitrogens with zero attached hydrogens (tertiary/aromatic N) is 3. The van der Waals surface area contributed by atoms with E-state index in [0.29, 0.717) is 0 Å². The maximum atomic E-state index is 5.42. The summed E-state index contributed by atoms with van der Waals surface area (Å²) in [6.45, 7) is 3.20. The molecular weight excluding hydrogens is 518 g/mol. The average Bonchev–Trinajstić information content (AvgIpc) is 3.05. The van der Waals surface area contributed by atoms with Gasteiger partial charge < -0.3 is 19.3 Å². The van der Waals surface area contributed by atoms with Gasteiger partial charge in [-0.1, -0.05) is 50.5 Å². The van der Waals surface area contributed by atoms with Gasteiger partial charge in [0.1, 0.15) is 17.3 Å². The summed E-state index contributed by atoms with van der Waals surface area (Å²) >= 11 is 0. The summed E-state index contributed by atoms with van der Waals surface area (Å²) < 4.78 is 10.8. The summed E-state index contributed by atoms with van der Waals surface area (Å²) in [6.07, 6.45) is 4.82. The Balaban J connectivity index is 1.39. The van der Waals surface area contributed by atoms with E-state index in [-0.39, 0.29) is 0 Å². The number of methoxy groups -OCH3 is 2. The van der Waals surface area contributed by atoms with Crippen molar-refractivity contribution in [2.75, 3.05) is 30.6 Å². The molecule has 5 aromatic rings. The Labute approximate surface area is 248 Å². The summed E-state index contributed by atoms with van der Waals surface area (Å²) in [5.74, 6) is 2.66. The first-order valence-electron chi connectivity index (χ1n) is 14.8. The fourth-order valence-electron chi connectivity index (χ4n) is 5.72. The minimum atomic E-state index is 0.827. The molecule has 0 spiro atoms. The van der Waals surface area contributed by atoms with Crippen LogP contribution in [0, 0.1) is 0 Å². The maximum absolute atomic E-state index is 5.42. The molecule has 0 unspecified atom stereocenters. The number of hydrogen-bond donors (Lipinski definition) is 0. The normalized spacial score (nSPS) is 12.3. The molecule has 0 saturated heterocycles. The molecule has 0 fully saturated rings.